The number of allylic oxidation sites excluding steroid dienone is 1. The van der Waals surface area contributed by atoms with Crippen LogP contribution in [0.1, 0.15) is 71.8 Å². The first-order valence-corrected chi connectivity index (χ1v) is 23.6. The van der Waals surface area contributed by atoms with Crippen molar-refractivity contribution < 1.29 is 43.5 Å². The van der Waals surface area contributed by atoms with E-state index in [1.165, 1.54) is 26.0 Å². The van der Waals surface area contributed by atoms with Gasteiger partial charge in [-0.2, -0.15) is 0 Å². The van der Waals surface area contributed by atoms with Crippen LogP contribution in [0.25, 0.3) is 5.57 Å². The van der Waals surface area contributed by atoms with Crippen LogP contribution in [-0.2, 0) is 33.3 Å². The van der Waals surface area contributed by atoms with Gasteiger partial charge in [-0.15, -0.1) is 11.8 Å². The van der Waals surface area contributed by atoms with Crippen LogP contribution in [-0.4, -0.2) is 152 Å². The van der Waals surface area contributed by atoms with Gasteiger partial charge in [0.2, 0.25) is 5.60 Å². The molecule has 2 N–H and O–H groups in total. The number of hydrogen-bond acceptors (Lipinski definition) is 13. The van der Waals surface area contributed by atoms with Gasteiger partial charge in [0.05, 0.1) is 37.4 Å². The van der Waals surface area contributed by atoms with E-state index in [-0.39, 0.29) is 17.9 Å². The van der Waals surface area contributed by atoms with Crippen molar-refractivity contribution in [2.24, 2.45) is 28.1 Å². The van der Waals surface area contributed by atoms with Crippen molar-refractivity contribution in [3.8, 4) is 0 Å². The number of thioether (sulfide) groups is 1. The Hall–Kier alpha value is -3.40. The molecule has 62 heavy (non-hydrogen) atoms. The van der Waals surface area contributed by atoms with Crippen LogP contribution in [0.5, 0.6) is 0 Å². The van der Waals surface area contributed by atoms with Crippen LogP contribution in [0.15, 0.2) is 64.1 Å². The summed E-state index contributed by atoms with van der Waals surface area (Å²) < 4.78 is 24.3. The van der Waals surface area contributed by atoms with Crippen LogP contribution >= 0.6 is 11.8 Å². The van der Waals surface area contributed by atoms with E-state index in [2.05, 4.69) is 66.5 Å². The summed E-state index contributed by atoms with van der Waals surface area (Å²) in [7, 11) is 8.54. The molecule has 2 bridgehead atoms. The standard InChI is InChI=1S/C48H63BN3O9S/c1-9-44(56)24-29-25-47(42(54)59-7,38-31(15-19-51(26-29)27-44)32-21-30(62-11-3)13-14-35(32)49-38)34-22-33-36(23-37(34)58-6)50(5)40-46(33)17-20-52-18-12-16-45(10-2,39(46)52)41(61-28(4)53)48(40,57)43(55)60-8/h12-14,16,21-23,29,34,37,39-41,56-57H,9-11,15,17-20,24-27H2,1-8H3/t29-,34?,37?,39+,40-,41-,44+,45-,46-,47+,48+/m1/s1. The van der Waals surface area contributed by atoms with Crippen molar-refractivity contribution in [3.63, 3.8) is 0 Å². The average molecular weight is 869 g/mol. The summed E-state index contributed by atoms with van der Waals surface area (Å²) in [4.78, 5) is 51.1. The number of likely N-dealkylation sites (tertiary alicyclic amines) is 1. The van der Waals surface area contributed by atoms with Crippen LogP contribution in [0.2, 0.25) is 0 Å². The molecule has 6 heterocycles. The molecule has 1 spiro atoms. The van der Waals surface area contributed by atoms with Crippen LogP contribution in [0, 0.1) is 28.1 Å². The predicted molar refractivity (Wildman–Crippen MR) is 237 cm³/mol. The fraction of sp³-hybridized carbons (Fsp3) is 0.646. The minimum absolute atomic E-state index is 0.0526. The molecule has 3 saturated heterocycles. The van der Waals surface area contributed by atoms with Gasteiger partial charge in [0.15, 0.2) is 13.4 Å². The Morgan fingerprint density at radius 2 is 1.76 bits per heavy atom. The van der Waals surface area contributed by atoms with Crippen molar-refractivity contribution >= 4 is 48.0 Å². The molecule has 14 heteroatoms. The average Bonchev–Trinajstić information content (AvgIpc) is 3.92. The highest BCUT2D eigenvalue weighted by Gasteiger charge is 2.81. The quantitative estimate of drug-likeness (QED) is 0.122. The van der Waals surface area contributed by atoms with E-state index in [0.717, 1.165) is 52.2 Å². The topological polar surface area (TPSA) is 138 Å². The van der Waals surface area contributed by atoms with E-state index in [4.69, 9.17) is 18.9 Å². The van der Waals surface area contributed by atoms with Gasteiger partial charge in [0.1, 0.15) is 0 Å². The zero-order valence-corrected chi connectivity index (χ0v) is 38.4. The number of methoxy groups -OCH3 is 3. The summed E-state index contributed by atoms with van der Waals surface area (Å²) in [6.45, 7) is 11.0. The van der Waals surface area contributed by atoms with Crippen LogP contribution in [0.3, 0.4) is 0 Å². The summed E-state index contributed by atoms with van der Waals surface area (Å²) in [5, 5.41) is 25.5. The fourth-order valence-corrected chi connectivity index (χ4v) is 15.1. The van der Waals surface area contributed by atoms with E-state index < -0.39 is 63.6 Å². The molecule has 0 aromatic heterocycles. The maximum Gasteiger partial charge on any atom is 0.344 e. The summed E-state index contributed by atoms with van der Waals surface area (Å²) in [5.41, 5.74) is -0.275. The van der Waals surface area contributed by atoms with Gasteiger partial charge < -0.3 is 34.1 Å². The summed E-state index contributed by atoms with van der Waals surface area (Å²) in [6.07, 6.45) is 9.94. The molecule has 333 valence electrons. The molecule has 1 radical (unpaired) electrons. The van der Waals surface area contributed by atoms with Crippen molar-refractivity contribution in [3.05, 3.63) is 64.8 Å². The maximum atomic E-state index is 15.5. The van der Waals surface area contributed by atoms with Gasteiger partial charge in [0, 0.05) is 80.6 Å². The van der Waals surface area contributed by atoms with Gasteiger partial charge in [-0.05, 0) is 91.7 Å². The van der Waals surface area contributed by atoms with Gasteiger partial charge in [-0.3, -0.25) is 19.4 Å². The number of carbonyl (C=O) groups is 3. The van der Waals surface area contributed by atoms with E-state index in [1.54, 1.807) is 18.9 Å². The van der Waals surface area contributed by atoms with E-state index in [1.807, 2.05) is 25.8 Å². The molecule has 12 atom stereocenters. The fourth-order valence-electron chi connectivity index (χ4n) is 14.4. The number of hydrogen-bond donors (Lipinski definition) is 2. The van der Waals surface area contributed by atoms with Crippen molar-refractivity contribution in [2.75, 3.05) is 66.9 Å². The number of fused-ring (bicyclic) bond motifs is 5. The second kappa shape index (κ2) is 15.6. The van der Waals surface area contributed by atoms with Gasteiger partial charge in [0.25, 0.3) is 0 Å². The van der Waals surface area contributed by atoms with Crippen molar-refractivity contribution in [2.45, 2.75) is 107 Å². The van der Waals surface area contributed by atoms with Crippen LogP contribution in [0.4, 0.5) is 0 Å². The van der Waals surface area contributed by atoms with E-state index in [0.29, 0.717) is 58.2 Å². The molecule has 2 aliphatic carbocycles. The number of esters is 3. The molecule has 9 rings (SSSR count). The number of aliphatic hydroxyl groups is 2. The molecule has 1 saturated carbocycles. The molecule has 1 aromatic carbocycles. The van der Waals surface area contributed by atoms with Gasteiger partial charge >= 0.3 is 17.9 Å². The summed E-state index contributed by atoms with van der Waals surface area (Å²) in [6, 6.07) is 5.44. The number of likely N-dealkylation sites (N-methyl/N-ethyl adjacent to an activating group) is 1. The predicted octanol–water partition coefficient (Wildman–Crippen LogP) is 3.91. The second-order valence-electron chi connectivity index (χ2n) is 19.3. The monoisotopic (exact) mass is 868 g/mol. The smallest absolute Gasteiger partial charge is 0.344 e. The van der Waals surface area contributed by atoms with Gasteiger partial charge in [-0.1, -0.05) is 56.0 Å². The number of ether oxygens (including phenoxy) is 4. The Kier molecular flexibility index (Phi) is 11.1. The third kappa shape index (κ3) is 5.94. The number of benzene rings is 1. The highest BCUT2D eigenvalue weighted by atomic mass is 32.2. The lowest BCUT2D eigenvalue weighted by molar-refractivity contribution is -0.243. The number of rotatable bonds is 9. The normalized spacial score (nSPS) is 40.3. The number of carbonyl (C=O) groups excluding carboxylic acids is 3. The third-order valence-corrected chi connectivity index (χ3v) is 17.4. The Morgan fingerprint density at radius 1 is 0.984 bits per heavy atom. The lowest BCUT2D eigenvalue weighted by atomic mass is 9.46. The first-order valence-electron chi connectivity index (χ1n) is 22.6. The zero-order valence-electron chi connectivity index (χ0n) is 37.6. The van der Waals surface area contributed by atoms with Crippen molar-refractivity contribution in [1.29, 1.82) is 0 Å². The SMILES string of the molecule is CCSc1ccc2c(c1)C1=C([B]2)[C@@](C(=O)OC)(C2C=C3C(=CC2OC)N(C)[C@H]2[C@@](O)(C(=O)OC)[C@H](OC(C)=O)[C@]4(CC)C=CCN5CC[C@]32[C@@H]54)C[C@@H]2CN(CC1)C[C@](O)(CC)C2. The largest absolute Gasteiger partial charge is 0.468 e. The maximum absolute atomic E-state index is 15.5. The first-order chi connectivity index (χ1) is 29.7. The lowest BCUT2D eigenvalue weighted by Gasteiger charge is -2.63. The highest BCUT2D eigenvalue weighted by molar-refractivity contribution is 7.99. The number of piperidine rings is 1. The molecule has 6 aliphatic heterocycles. The molecule has 3 unspecified atom stereocenters. The Balaban J connectivity index is 1.32. The second-order valence-corrected chi connectivity index (χ2v) is 20.6. The lowest BCUT2D eigenvalue weighted by Crippen LogP contribution is -2.79. The molecule has 8 aliphatic rings. The van der Waals surface area contributed by atoms with E-state index >= 15 is 4.79 Å². The molecule has 4 fully saturated rings. The summed E-state index contributed by atoms with van der Waals surface area (Å²) in [5.74, 6) is -1.51. The van der Waals surface area contributed by atoms with Crippen LogP contribution < -0.4 is 5.46 Å². The summed E-state index contributed by atoms with van der Waals surface area (Å²) >= 11 is 1.80. The molecule has 1 aromatic rings. The molecule has 12 nitrogen and oxygen atoms in total. The highest BCUT2D eigenvalue weighted by Crippen LogP contribution is 2.70. The molecular weight excluding hydrogens is 805 g/mol. The molecular formula is C48H63BN3O9S. The van der Waals surface area contributed by atoms with Crippen molar-refractivity contribution in [1.82, 2.24) is 14.7 Å². The number of nitrogens with zero attached hydrogens (tertiary/aromatic N) is 3. The molecule has 0 amide bonds. The zero-order chi connectivity index (χ0) is 44.1. The van der Waals surface area contributed by atoms with Gasteiger partial charge in [-0.25, -0.2) is 4.79 Å². The first kappa shape index (κ1) is 43.8. The Morgan fingerprint density at radius 3 is 2.44 bits per heavy atom. The third-order valence-electron chi connectivity index (χ3n) is 16.5. The Bertz CT molecular complexity index is 2180. The minimum Gasteiger partial charge on any atom is -0.468 e. The Labute approximate surface area is 371 Å². The minimum atomic E-state index is -2.28. The van der Waals surface area contributed by atoms with E-state index in [9.17, 15) is 19.8 Å².